The Morgan fingerprint density at radius 1 is 1.33 bits per heavy atom. The first-order chi connectivity index (χ1) is 7.15. The number of aliphatic hydroxyl groups excluding tert-OH is 1. The molecule has 0 unspecified atom stereocenters. The summed E-state index contributed by atoms with van der Waals surface area (Å²) in [4.78, 5) is 11.4. The van der Waals surface area contributed by atoms with E-state index in [2.05, 4.69) is 0 Å². The highest BCUT2D eigenvalue weighted by Gasteiger charge is 2.20. The molecule has 1 N–H and O–H groups in total. The minimum atomic E-state index is -0.570. The number of Topliss-reactive ketones (excluding diaryl/α,β-unsaturated/α-hetero) is 1. The molecule has 2 heteroatoms. The van der Waals surface area contributed by atoms with Crippen molar-refractivity contribution in [1.29, 1.82) is 0 Å². The standard InChI is InChI=1S/C13H18O2/c1-3-12(14)10(2)13(15)9-11-7-5-4-6-8-11/h4-8,10,13,15H,3,9H2,1-2H3/t10-,13-/m0/s1. The van der Waals surface area contributed by atoms with E-state index in [4.69, 9.17) is 0 Å². The second kappa shape index (κ2) is 5.66. The van der Waals surface area contributed by atoms with Crippen LogP contribution in [0.1, 0.15) is 25.8 Å². The maximum Gasteiger partial charge on any atom is 0.138 e. The molecule has 82 valence electrons. The van der Waals surface area contributed by atoms with Gasteiger partial charge in [0.1, 0.15) is 5.78 Å². The van der Waals surface area contributed by atoms with Crippen LogP contribution in [-0.4, -0.2) is 17.0 Å². The highest BCUT2D eigenvalue weighted by Crippen LogP contribution is 2.12. The van der Waals surface area contributed by atoms with Gasteiger partial charge >= 0.3 is 0 Å². The number of hydrogen-bond donors (Lipinski definition) is 1. The molecule has 0 aliphatic heterocycles. The molecule has 2 nitrogen and oxygen atoms in total. The van der Waals surface area contributed by atoms with E-state index in [0.717, 1.165) is 5.56 Å². The van der Waals surface area contributed by atoms with Gasteiger partial charge in [-0.05, 0) is 12.0 Å². The average Bonchev–Trinajstić information content (AvgIpc) is 2.28. The molecule has 1 aromatic rings. The Kier molecular flexibility index (Phi) is 4.50. The zero-order valence-corrected chi connectivity index (χ0v) is 9.31. The monoisotopic (exact) mass is 206 g/mol. The number of carbonyl (C=O) groups is 1. The van der Waals surface area contributed by atoms with Crippen LogP contribution in [0.5, 0.6) is 0 Å². The quantitative estimate of drug-likeness (QED) is 0.802. The lowest BCUT2D eigenvalue weighted by Crippen LogP contribution is -2.27. The van der Waals surface area contributed by atoms with E-state index in [1.807, 2.05) is 37.3 Å². The first-order valence-corrected chi connectivity index (χ1v) is 5.39. The highest BCUT2D eigenvalue weighted by molar-refractivity contribution is 5.80. The Balaban J connectivity index is 2.56. The topological polar surface area (TPSA) is 37.3 Å². The molecule has 0 amide bonds. The molecule has 0 aromatic heterocycles. The molecule has 1 rings (SSSR count). The van der Waals surface area contributed by atoms with Gasteiger partial charge in [-0.3, -0.25) is 4.79 Å². The fourth-order valence-corrected chi connectivity index (χ4v) is 1.57. The lowest BCUT2D eigenvalue weighted by atomic mass is 9.93. The van der Waals surface area contributed by atoms with Gasteiger partial charge in [-0.1, -0.05) is 44.2 Å². The zero-order chi connectivity index (χ0) is 11.3. The summed E-state index contributed by atoms with van der Waals surface area (Å²) < 4.78 is 0. The van der Waals surface area contributed by atoms with Crippen molar-refractivity contribution in [3.63, 3.8) is 0 Å². The van der Waals surface area contributed by atoms with Crippen molar-refractivity contribution < 1.29 is 9.90 Å². The van der Waals surface area contributed by atoms with E-state index < -0.39 is 6.10 Å². The summed E-state index contributed by atoms with van der Waals surface area (Å²) in [6.45, 7) is 3.62. The number of hydrogen-bond acceptors (Lipinski definition) is 2. The maximum atomic E-state index is 11.4. The third-order valence-electron chi connectivity index (χ3n) is 2.72. The summed E-state index contributed by atoms with van der Waals surface area (Å²) >= 11 is 0. The third kappa shape index (κ3) is 3.48. The number of rotatable bonds is 5. The molecule has 0 saturated heterocycles. The van der Waals surface area contributed by atoms with Crippen molar-refractivity contribution >= 4 is 5.78 Å². The Bertz CT molecular complexity index is 306. The van der Waals surface area contributed by atoms with Crippen molar-refractivity contribution in [2.24, 2.45) is 5.92 Å². The molecule has 2 atom stereocenters. The van der Waals surface area contributed by atoms with Gasteiger partial charge in [-0.2, -0.15) is 0 Å². The van der Waals surface area contributed by atoms with E-state index in [-0.39, 0.29) is 11.7 Å². The summed E-state index contributed by atoms with van der Waals surface area (Å²) in [5.41, 5.74) is 1.07. The molecule has 1 aromatic carbocycles. The molecular weight excluding hydrogens is 188 g/mol. The SMILES string of the molecule is CCC(=O)[C@H](C)[C@@H](O)Cc1ccccc1. The highest BCUT2D eigenvalue weighted by atomic mass is 16.3. The van der Waals surface area contributed by atoms with Gasteiger partial charge in [0.05, 0.1) is 6.10 Å². The normalized spacial score (nSPS) is 14.6. The lowest BCUT2D eigenvalue weighted by Gasteiger charge is -2.17. The van der Waals surface area contributed by atoms with Gasteiger partial charge in [0.2, 0.25) is 0 Å². The van der Waals surface area contributed by atoms with Gasteiger partial charge in [0.15, 0.2) is 0 Å². The van der Waals surface area contributed by atoms with Gasteiger partial charge < -0.3 is 5.11 Å². The minimum Gasteiger partial charge on any atom is -0.392 e. The van der Waals surface area contributed by atoms with Crippen LogP contribution in [0.25, 0.3) is 0 Å². The Morgan fingerprint density at radius 2 is 1.93 bits per heavy atom. The Morgan fingerprint density at radius 3 is 2.47 bits per heavy atom. The van der Waals surface area contributed by atoms with E-state index >= 15 is 0 Å². The molecule has 0 fully saturated rings. The smallest absolute Gasteiger partial charge is 0.138 e. The molecule has 0 heterocycles. The molecule has 0 saturated carbocycles. The summed E-state index contributed by atoms with van der Waals surface area (Å²) in [6.07, 6.45) is 0.473. The van der Waals surface area contributed by atoms with Crippen LogP contribution in [0.2, 0.25) is 0 Å². The van der Waals surface area contributed by atoms with E-state index in [1.54, 1.807) is 6.92 Å². The summed E-state index contributed by atoms with van der Waals surface area (Å²) in [6, 6.07) is 9.75. The van der Waals surface area contributed by atoms with Crippen LogP contribution in [0, 0.1) is 5.92 Å². The van der Waals surface area contributed by atoms with Crippen LogP contribution in [-0.2, 0) is 11.2 Å². The Hall–Kier alpha value is -1.15. The summed E-state index contributed by atoms with van der Waals surface area (Å²) in [7, 11) is 0. The van der Waals surface area contributed by atoms with Gasteiger partial charge in [0.25, 0.3) is 0 Å². The van der Waals surface area contributed by atoms with E-state index in [9.17, 15) is 9.90 Å². The molecule has 0 aliphatic carbocycles. The second-order valence-corrected chi connectivity index (χ2v) is 3.87. The molecule has 15 heavy (non-hydrogen) atoms. The lowest BCUT2D eigenvalue weighted by molar-refractivity contribution is -0.125. The number of aliphatic hydroxyl groups is 1. The van der Waals surface area contributed by atoms with Crippen LogP contribution < -0.4 is 0 Å². The fraction of sp³-hybridized carbons (Fsp3) is 0.462. The van der Waals surface area contributed by atoms with Gasteiger partial charge in [-0.15, -0.1) is 0 Å². The zero-order valence-electron chi connectivity index (χ0n) is 9.31. The van der Waals surface area contributed by atoms with Crippen molar-refractivity contribution in [2.75, 3.05) is 0 Å². The summed E-state index contributed by atoms with van der Waals surface area (Å²) in [5.74, 6) is -0.145. The van der Waals surface area contributed by atoms with Crippen LogP contribution in [0.3, 0.4) is 0 Å². The van der Waals surface area contributed by atoms with Crippen LogP contribution in [0.15, 0.2) is 30.3 Å². The first kappa shape index (κ1) is 11.9. The third-order valence-corrected chi connectivity index (χ3v) is 2.72. The molecule has 0 spiro atoms. The molecule has 0 aliphatic rings. The Labute approximate surface area is 90.9 Å². The van der Waals surface area contributed by atoms with Crippen molar-refractivity contribution in [1.82, 2.24) is 0 Å². The number of benzene rings is 1. The first-order valence-electron chi connectivity index (χ1n) is 5.39. The minimum absolute atomic E-state index is 0.124. The average molecular weight is 206 g/mol. The van der Waals surface area contributed by atoms with Crippen molar-refractivity contribution in [3.8, 4) is 0 Å². The van der Waals surface area contributed by atoms with E-state index in [0.29, 0.717) is 12.8 Å². The van der Waals surface area contributed by atoms with Gasteiger partial charge in [-0.25, -0.2) is 0 Å². The second-order valence-electron chi connectivity index (χ2n) is 3.87. The maximum absolute atomic E-state index is 11.4. The largest absolute Gasteiger partial charge is 0.392 e. The molecule has 0 radical (unpaired) electrons. The van der Waals surface area contributed by atoms with Crippen LogP contribution >= 0.6 is 0 Å². The summed E-state index contributed by atoms with van der Waals surface area (Å²) in [5, 5.41) is 9.85. The molecule has 0 bridgehead atoms. The van der Waals surface area contributed by atoms with E-state index in [1.165, 1.54) is 0 Å². The van der Waals surface area contributed by atoms with Crippen molar-refractivity contribution in [2.45, 2.75) is 32.8 Å². The predicted molar refractivity (Wildman–Crippen MR) is 60.6 cm³/mol. The van der Waals surface area contributed by atoms with Crippen LogP contribution in [0.4, 0.5) is 0 Å². The number of carbonyl (C=O) groups excluding carboxylic acids is 1. The fourth-order valence-electron chi connectivity index (χ4n) is 1.57. The molecular formula is C13H18O2. The number of ketones is 1. The van der Waals surface area contributed by atoms with Gasteiger partial charge in [0, 0.05) is 12.3 Å². The van der Waals surface area contributed by atoms with Crippen molar-refractivity contribution in [3.05, 3.63) is 35.9 Å². The predicted octanol–water partition coefficient (Wildman–Crippen LogP) is 2.21.